The molecule has 0 spiro atoms. The zero-order valence-corrected chi connectivity index (χ0v) is 20.0. The molecule has 1 aromatic rings. The maximum atomic E-state index is 13.6. The van der Waals surface area contributed by atoms with E-state index in [1.54, 1.807) is 7.05 Å². The lowest BCUT2D eigenvalue weighted by Crippen LogP contribution is -2.51. The molecule has 3 rings (SSSR count). The smallest absolute Gasteiger partial charge is 0.191 e. The van der Waals surface area contributed by atoms with Gasteiger partial charge in [-0.3, -0.25) is 9.89 Å². The van der Waals surface area contributed by atoms with Gasteiger partial charge in [-0.25, -0.2) is 12.8 Å². The van der Waals surface area contributed by atoms with Crippen LogP contribution in [0.1, 0.15) is 24.0 Å². The van der Waals surface area contributed by atoms with Crippen molar-refractivity contribution in [2.45, 2.75) is 37.3 Å². The third-order valence-electron chi connectivity index (χ3n) is 5.21. The quantitative estimate of drug-likeness (QED) is 0.324. The van der Waals surface area contributed by atoms with Crippen LogP contribution in [0.25, 0.3) is 0 Å². The van der Waals surface area contributed by atoms with E-state index >= 15 is 0 Å². The normalized spacial score (nSPS) is 22.7. The summed E-state index contributed by atoms with van der Waals surface area (Å²) in [5.41, 5.74) is 1.18. The maximum absolute atomic E-state index is 13.6. The topological polar surface area (TPSA) is 83.0 Å². The highest BCUT2D eigenvalue weighted by molar-refractivity contribution is 14.0. The van der Waals surface area contributed by atoms with Gasteiger partial charge in [0.15, 0.2) is 15.8 Å². The molecule has 1 aromatic carbocycles. The zero-order chi connectivity index (χ0) is 20.1. The summed E-state index contributed by atoms with van der Waals surface area (Å²) >= 11 is 0. The van der Waals surface area contributed by atoms with E-state index in [1.807, 2.05) is 0 Å². The summed E-state index contributed by atoms with van der Waals surface area (Å²) in [4.78, 5) is 6.68. The highest BCUT2D eigenvalue weighted by Gasteiger charge is 2.32. The third kappa shape index (κ3) is 7.34. The average molecular weight is 540 g/mol. The van der Waals surface area contributed by atoms with Gasteiger partial charge in [-0.2, -0.15) is 0 Å². The van der Waals surface area contributed by atoms with Crippen LogP contribution in [0.3, 0.4) is 0 Å². The number of halogens is 2. The molecule has 29 heavy (non-hydrogen) atoms. The Labute approximate surface area is 189 Å². The lowest BCUT2D eigenvalue weighted by molar-refractivity contribution is -0.0453. The predicted octanol–water partition coefficient (Wildman–Crippen LogP) is 1.52. The van der Waals surface area contributed by atoms with E-state index in [-0.39, 0.29) is 42.4 Å². The predicted molar refractivity (Wildman–Crippen MR) is 123 cm³/mol. The molecule has 2 N–H and O–H groups in total. The van der Waals surface area contributed by atoms with E-state index in [9.17, 15) is 12.8 Å². The van der Waals surface area contributed by atoms with Gasteiger partial charge in [0.2, 0.25) is 0 Å². The van der Waals surface area contributed by atoms with Crippen molar-refractivity contribution in [3.05, 3.63) is 35.1 Å². The molecule has 2 aliphatic rings. The van der Waals surface area contributed by atoms with Crippen LogP contribution in [-0.2, 0) is 26.9 Å². The first kappa shape index (κ1) is 24.3. The molecule has 2 heterocycles. The Bertz CT molecular complexity index is 822. The fourth-order valence-corrected chi connectivity index (χ4v) is 4.65. The van der Waals surface area contributed by atoms with Crippen LogP contribution in [0.2, 0.25) is 0 Å². The average Bonchev–Trinajstić information content (AvgIpc) is 3.10. The van der Waals surface area contributed by atoms with Gasteiger partial charge in [0.1, 0.15) is 5.82 Å². The fourth-order valence-electron chi connectivity index (χ4n) is 3.80. The van der Waals surface area contributed by atoms with E-state index in [0.717, 1.165) is 19.7 Å². The number of nitrogens with one attached hydrogen (secondary N) is 2. The second-order valence-electron chi connectivity index (χ2n) is 7.54. The van der Waals surface area contributed by atoms with Crippen molar-refractivity contribution in [3.63, 3.8) is 0 Å². The number of guanidine groups is 1. The van der Waals surface area contributed by atoms with Crippen molar-refractivity contribution in [1.82, 2.24) is 15.5 Å². The summed E-state index contributed by atoms with van der Waals surface area (Å²) in [5.74, 6) is 0.0537. The SMILES string of the molecule is CN=C(NCc1cc(F)ccc1CS(C)(=O)=O)NCC1CN2CCCC2CO1.I. The second kappa shape index (κ2) is 10.9. The molecule has 2 saturated heterocycles. The number of morpholine rings is 1. The van der Waals surface area contributed by atoms with Gasteiger partial charge in [0.25, 0.3) is 0 Å². The number of hydrogen-bond donors (Lipinski definition) is 2. The molecule has 0 saturated carbocycles. The molecule has 2 atom stereocenters. The van der Waals surface area contributed by atoms with Crippen LogP contribution >= 0.6 is 24.0 Å². The minimum Gasteiger partial charge on any atom is -0.373 e. The number of benzene rings is 1. The van der Waals surface area contributed by atoms with Gasteiger partial charge in [0, 0.05) is 39.0 Å². The molecule has 2 aliphatic heterocycles. The van der Waals surface area contributed by atoms with E-state index in [4.69, 9.17) is 4.74 Å². The maximum Gasteiger partial charge on any atom is 0.191 e. The number of ether oxygens (including phenoxy) is 1. The van der Waals surface area contributed by atoms with E-state index < -0.39 is 15.7 Å². The highest BCUT2D eigenvalue weighted by atomic mass is 127. The summed E-state index contributed by atoms with van der Waals surface area (Å²) in [7, 11) is -1.54. The first-order valence-electron chi connectivity index (χ1n) is 9.59. The Hall–Kier alpha value is -0.980. The van der Waals surface area contributed by atoms with E-state index in [0.29, 0.717) is 29.7 Å². The van der Waals surface area contributed by atoms with Crippen LogP contribution < -0.4 is 10.6 Å². The molecule has 0 radical (unpaired) electrons. The summed E-state index contributed by atoms with van der Waals surface area (Å²) in [6, 6.07) is 4.73. The van der Waals surface area contributed by atoms with Crippen LogP contribution in [-0.4, -0.2) is 71.0 Å². The second-order valence-corrected chi connectivity index (χ2v) is 9.68. The van der Waals surface area contributed by atoms with Crippen LogP contribution in [0.15, 0.2) is 23.2 Å². The molecule has 0 aliphatic carbocycles. The lowest BCUT2D eigenvalue weighted by Gasteiger charge is -2.35. The molecule has 0 amide bonds. The minimum atomic E-state index is -3.21. The molecule has 0 bridgehead atoms. The summed E-state index contributed by atoms with van der Waals surface area (Å²) in [5, 5.41) is 6.38. The standard InChI is InChI=1S/C19H29FN4O3S.HI/c1-21-19(23-10-18-11-24-7-3-4-17(24)12-27-18)22-9-15-8-16(20)6-5-14(15)13-28(2,25)26;/h5-6,8,17-18H,3-4,7,9-13H2,1-2H3,(H2,21,22,23);1H. The minimum absolute atomic E-state index is 0. The number of fused-ring (bicyclic) bond motifs is 1. The largest absolute Gasteiger partial charge is 0.373 e. The molecule has 2 fully saturated rings. The molecular weight excluding hydrogens is 510 g/mol. The molecule has 164 valence electrons. The zero-order valence-electron chi connectivity index (χ0n) is 16.9. The van der Waals surface area contributed by atoms with Gasteiger partial charge in [0.05, 0.1) is 18.5 Å². The van der Waals surface area contributed by atoms with Gasteiger partial charge >= 0.3 is 0 Å². The van der Waals surface area contributed by atoms with Gasteiger partial charge in [-0.15, -0.1) is 24.0 Å². The molecule has 0 aromatic heterocycles. The first-order chi connectivity index (χ1) is 13.3. The first-order valence-corrected chi connectivity index (χ1v) is 11.7. The Morgan fingerprint density at radius 2 is 2.14 bits per heavy atom. The highest BCUT2D eigenvalue weighted by Crippen LogP contribution is 2.22. The Morgan fingerprint density at radius 3 is 2.86 bits per heavy atom. The Balaban J connectivity index is 0.00000300. The third-order valence-corrected chi connectivity index (χ3v) is 6.05. The van der Waals surface area contributed by atoms with Crippen molar-refractivity contribution in [2.75, 3.05) is 39.5 Å². The van der Waals surface area contributed by atoms with Gasteiger partial charge in [-0.05, 0) is 42.6 Å². The van der Waals surface area contributed by atoms with Crippen molar-refractivity contribution in [3.8, 4) is 0 Å². The number of rotatable bonds is 6. The fraction of sp³-hybridized carbons (Fsp3) is 0.632. The van der Waals surface area contributed by atoms with E-state index in [1.165, 1.54) is 37.3 Å². The molecule has 2 unspecified atom stereocenters. The molecule has 7 nitrogen and oxygen atoms in total. The van der Waals surface area contributed by atoms with Gasteiger partial charge in [-0.1, -0.05) is 6.07 Å². The number of aliphatic imine (C=N–C) groups is 1. The monoisotopic (exact) mass is 540 g/mol. The number of hydrogen-bond acceptors (Lipinski definition) is 5. The lowest BCUT2D eigenvalue weighted by atomic mass is 10.1. The summed E-state index contributed by atoms with van der Waals surface area (Å²) in [6.07, 6.45) is 3.72. The van der Waals surface area contributed by atoms with Crippen LogP contribution in [0.5, 0.6) is 0 Å². The van der Waals surface area contributed by atoms with Crippen molar-refractivity contribution in [1.29, 1.82) is 0 Å². The number of sulfone groups is 1. The van der Waals surface area contributed by atoms with Crippen molar-refractivity contribution in [2.24, 2.45) is 4.99 Å². The number of nitrogens with zero attached hydrogens (tertiary/aromatic N) is 2. The van der Waals surface area contributed by atoms with Gasteiger partial charge < -0.3 is 15.4 Å². The van der Waals surface area contributed by atoms with Crippen molar-refractivity contribution >= 4 is 39.8 Å². The van der Waals surface area contributed by atoms with Crippen LogP contribution in [0, 0.1) is 5.82 Å². The summed E-state index contributed by atoms with van der Waals surface area (Å²) in [6.45, 7) is 3.73. The van der Waals surface area contributed by atoms with Crippen molar-refractivity contribution < 1.29 is 17.5 Å². The Kier molecular flexibility index (Phi) is 9.11. The Morgan fingerprint density at radius 1 is 1.34 bits per heavy atom. The van der Waals surface area contributed by atoms with Crippen LogP contribution in [0.4, 0.5) is 4.39 Å². The molecular formula is C19H30FIN4O3S. The molecule has 10 heteroatoms. The van der Waals surface area contributed by atoms with E-state index in [2.05, 4.69) is 20.5 Å². The summed E-state index contributed by atoms with van der Waals surface area (Å²) < 4.78 is 42.8.